The van der Waals surface area contributed by atoms with Crippen molar-refractivity contribution in [1.29, 1.82) is 0 Å². The van der Waals surface area contributed by atoms with E-state index in [1.54, 1.807) is 0 Å². The molecule has 0 aromatic heterocycles. The van der Waals surface area contributed by atoms with E-state index in [4.69, 9.17) is 20.3 Å². The third kappa shape index (κ3) is 6.47. The van der Waals surface area contributed by atoms with Gasteiger partial charge >= 0.3 is 5.97 Å². The van der Waals surface area contributed by atoms with E-state index in [1.165, 1.54) is 7.11 Å². The van der Waals surface area contributed by atoms with Gasteiger partial charge in [0.2, 0.25) is 0 Å². The number of methoxy groups -OCH3 is 1. The van der Waals surface area contributed by atoms with Crippen molar-refractivity contribution in [2.45, 2.75) is 12.0 Å². The molecule has 1 aromatic carbocycles. The summed E-state index contributed by atoms with van der Waals surface area (Å²) in [4.78, 5) is 10.8. The van der Waals surface area contributed by atoms with Gasteiger partial charge in [-0.1, -0.05) is 42.5 Å². The lowest BCUT2D eigenvalue weighted by Crippen LogP contribution is -2.50. The standard InChI is InChI=1S/C15H21NO4/c1-19-11-15(16,10-14(17)18)12-20-9-5-8-13-6-3-2-4-7-13/h2-8H,9-12,16H2,1H3,(H,17,18)/b8-5+. The molecule has 0 amide bonds. The Hall–Kier alpha value is -1.69. The largest absolute Gasteiger partial charge is 0.481 e. The average Bonchev–Trinajstić information content (AvgIpc) is 2.39. The predicted molar refractivity (Wildman–Crippen MR) is 77.3 cm³/mol. The molecule has 20 heavy (non-hydrogen) atoms. The normalized spacial score (nSPS) is 14.3. The number of carboxylic acid groups (broad SMARTS) is 1. The molecule has 0 saturated heterocycles. The van der Waals surface area contributed by atoms with Crippen LogP contribution in [0.25, 0.3) is 6.08 Å². The molecule has 0 bridgehead atoms. The molecule has 5 nitrogen and oxygen atoms in total. The molecule has 1 unspecified atom stereocenters. The van der Waals surface area contributed by atoms with Crippen LogP contribution < -0.4 is 5.73 Å². The lowest BCUT2D eigenvalue weighted by atomic mass is 9.99. The van der Waals surface area contributed by atoms with Gasteiger partial charge in [0.25, 0.3) is 0 Å². The van der Waals surface area contributed by atoms with Gasteiger partial charge in [0, 0.05) is 7.11 Å². The smallest absolute Gasteiger partial charge is 0.305 e. The maximum Gasteiger partial charge on any atom is 0.305 e. The molecule has 3 N–H and O–H groups in total. The molecule has 5 heteroatoms. The predicted octanol–water partition coefficient (Wildman–Crippen LogP) is 1.54. The van der Waals surface area contributed by atoms with Crippen LogP contribution in [0.3, 0.4) is 0 Å². The first-order valence-corrected chi connectivity index (χ1v) is 6.35. The molecule has 0 aliphatic heterocycles. The van der Waals surface area contributed by atoms with Crippen LogP contribution >= 0.6 is 0 Å². The first-order chi connectivity index (χ1) is 9.56. The summed E-state index contributed by atoms with van der Waals surface area (Å²) in [6.45, 7) is 0.644. The first-order valence-electron chi connectivity index (χ1n) is 6.35. The Kier molecular flexibility index (Phi) is 6.93. The molecule has 0 heterocycles. The van der Waals surface area contributed by atoms with Crippen molar-refractivity contribution in [2.24, 2.45) is 5.73 Å². The lowest BCUT2D eigenvalue weighted by Gasteiger charge is -2.26. The van der Waals surface area contributed by atoms with Crippen LogP contribution in [0.1, 0.15) is 12.0 Å². The highest BCUT2D eigenvalue weighted by Gasteiger charge is 2.28. The van der Waals surface area contributed by atoms with Crippen LogP contribution in [-0.2, 0) is 14.3 Å². The molecule has 0 spiro atoms. The summed E-state index contributed by atoms with van der Waals surface area (Å²) in [5, 5.41) is 8.82. The molecule has 110 valence electrons. The number of carboxylic acids is 1. The van der Waals surface area contributed by atoms with Crippen LogP contribution in [0.5, 0.6) is 0 Å². The zero-order chi connectivity index (χ0) is 14.8. The number of hydrogen-bond acceptors (Lipinski definition) is 4. The second-order valence-electron chi connectivity index (χ2n) is 4.69. The Labute approximate surface area is 119 Å². The topological polar surface area (TPSA) is 81.8 Å². The fourth-order valence-corrected chi connectivity index (χ4v) is 1.81. The van der Waals surface area contributed by atoms with Gasteiger partial charge in [-0.3, -0.25) is 4.79 Å². The van der Waals surface area contributed by atoms with Crippen LogP contribution in [0.15, 0.2) is 36.4 Å². The van der Waals surface area contributed by atoms with Crippen molar-refractivity contribution in [3.8, 4) is 0 Å². The Morgan fingerprint density at radius 3 is 2.65 bits per heavy atom. The quantitative estimate of drug-likeness (QED) is 0.670. The van der Waals surface area contributed by atoms with Crippen molar-refractivity contribution in [3.05, 3.63) is 42.0 Å². The van der Waals surface area contributed by atoms with Gasteiger partial charge in [-0.05, 0) is 5.56 Å². The molecular formula is C15H21NO4. The molecule has 1 atom stereocenters. The summed E-state index contributed by atoms with van der Waals surface area (Å²) in [5.41, 5.74) is 6.03. The van der Waals surface area contributed by atoms with Crippen molar-refractivity contribution >= 4 is 12.0 Å². The Balaban J connectivity index is 2.37. The van der Waals surface area contributed by atoms with Gasteiger partial charge in [-0.2, -0.15) is 0 Å². The lowest BCUT2D eigenvalue weighted by molar-refractivity contribution is -0.139. The van der Waals surface area contributed by atoms with Gasteiger partial charge in [-0.15, -0.1) is 0 Å². The van der Waals surface area contributed by atoms with Crippen LogP contribution in [0.2, 0.25) is 0 Å². The summed E-state index contributed by atoms with van der Waals surface area (Å²) in [5.74, 6) is -0.965. The van der Waals surface area contributed by atoms with E-state index >= 15 is 0 Å². The molecule has 1 aromatic rings. The molecule has 0 fully saturated rings. The number of ether oxygens (including phenoxy) is 2. The SMILES string of the molecule is COCC(N)(COC/C=C/c1ccccc1)CC(=O)O. The Bertz CT molecular complexity index is 433. The number of nitrogens with two attached hydrogens (primary N) is 1. The van der Waals surface area contributed by atoms with Crippen molar-refractivity contribution in [3.63, 3.8) is 0 Å². The first kappa shape index (κ1) is 16.4. The molecule has 0 aliphatic carbocycles. The minimum Gasteiger partial charge on any atom is -0.481 e. The number of aliphatic carboxylic acids is 1. The number of carbonyl (C=O) groups is 1. The summed E-state index contributed by atoms with van der Waals surface area (Å²) in [7, 11) is 1.48. The van der Waals surface area contributed by atoms with E-state index < -0.39 is 11.5 Å². The number of benzene rings is 1. The highest BCUT2D eigenvalue weighted by atomic mass is 16.5. The van der Waals surface area contributed by atoms with Crippen molar-refractivity contribution in [2.75, 3.05) is 26.9 Å². The van der Waals surface area contributed by atoms with Gasteiger partial charge in [0.05, 0.1) is 31.8 Å². The van der Waals surface area contributed by atoms with Crippen LogP contribution in [0, 0.1) is 0 Å². The van der Waals surface area contributed by atoms with Gasteiger partial charge in [0.1, 0.15) is 0 Å². The van der Waals surface area contributed by atoms with E-state index in [0.29, 0.717) is 6.61 Å². The van der Waals surface area contributed by atoms with E-state index in [2.05, 4.69) is 0 Å². The zero-order valence-electron chi connectivity index (χ0n) is 11.6. The minimum atomic E-state index is -0.999. The minimum absolute atomic E-state index is 0.131. The van der Waals surface area contributed by atoms with E-state index in [1.807, 2.05) is 42.5 Å². The number of hydrogen-bond donors (Lipinski definition) is 2. The molecule has 1 rings (SSSR count). The second kappa shape index (κ2) is 8.47. The second-order valence-corrected chi connectivity index (χ2v) is 4.69. The van der Waals surface area contributed by atoms with E-state index in [0.717, 1.165) is 5.56 Å². The van der Waals surface area contributed by atoms with Crippen LogP contribution in [0.4, 0.5) is 0 Å². The molecule has 0 aliphatic rings. The Morgan fingerprint density at radius 2 is 2.05 bits per heavy atom. The van der Waals surface area contributed by atoms with Gasteiger partial charge < -0.3 is 20.3 Å². The van der Waals surface area contributed by atoms with Crippen molar-refractivity contribution in [1.82, 2.24) is 0 Å². The third-order valence-electron chi connectivity index (χ3n) is 2.65. The molecule has 0 saturated carbocycles. The van der Waals surface area contributed by atoms with E-state index in [9.17, 15) is 4.79 Å². The average molecular weight is 279 g/mol. The summed E-state index contributed by atoms with van der Waals surface area (Å²) in [6, 6.07) is 9.83. The molecule has 0 radical (unpaired) electrons. The molecular weight excluding hydrogens is 258 g/mol. The van der Waals surface area contributed by atoms with Gasteiger partial charge in [-0.25, -0.2) is 0 Å². The maximum absolute atomic E-state index is 10.8. The monoisotopic (exact) mass is 279 g/mol. The Morgan fingerprint density at radius 1 is 1.35 bits per heavy atom. The highest BCUT2D eigenvalue weighted by molar-refractivity contribution is 5.68. The highest BCUT2D eigenvalue weighted by Crippen LogP contribution is 2.09. The third-order valence-corrected chi connectivity index (χ3v) is 2.65. The summed E-state index contributed by atoms with van der Waals surface area (Å²) in [6.07, 6.45) is 3.61. The number of rotatable bonds is 9. The van der Waals surface area contributed by atoms with E-state index in [-0.39, 0.29) is 19.6 Å². The zero-order valence-corrected chi connectivity index (χ0v) is 11.6. The summed E-state index contributed by atoms with van der Waals surface area (Å²) < 4.78 is 10.4. The maximum atomic E-state index is 10.8. The fraction of sp³-hybridized carbons (Fsp3) is 0.400. The summed E-state index contributed by atoms with van der Waals surface area (Å²) >= 11 is 0. The van der Waals surface area contributed by atoms with Crippen molar-refractivity contribution < 1.29 is 19.4 Å². The van der Waals surface area contributed by atoms with Gasteiger partial charge in [0.15, 0.2) is 0 Å². The fourth-order valence-electron chi connectivity index (χ4n) is 1.81. The van der Waals surface area contributed by atoms with Crippen LogP contribution in [-0.4, -0.2) is 43.5 Å².